The molecular weight excluding hydrogens is 579 g/mol. The summed E-state index contributed by atoms with van der Waals surface area (Å²) in [6, 6.07) is 10.4. The molecule has 3 heterocycles. The molecule has 1 aliphatic carbocycles. The van der Waals surface area contributed by atoms with Crippen LogP contribution in [0.15, 0.2) is 54.5 Å². The molecule has 32 heavy (non-hydrogen) atoms. The van der Waals surface area contributed by atoms with Crippen molar-refractivity contribution in [1.82, 2.24) is 15.0 Å². The number of hydrogen-bond donors (Lipinski definition) is 1. The molecule has 1 aromatic carbocycles. The van der Waals surface area contributed by atoms with E-state index in [1.807, 2.05) is 12.3 Å². The third kappa shape index (κ3) is 4.08. The second-order valence-electron chi connectivity index (χ2n) is 8.31. The number of carbonyl (C=O) groups is 1. The van der Waals surface area contributed by atoms with Gasteiger partial charge in [-0.3, -0.25) is 9.78 Å². The van der Waals surface area contributed by atoms with Gasteiger partial charge in [-0.25, -0.2) is 0 Å². The molecule has 0 aliphatic heterocycles. The first-order valence-electron chi connectivity index (χ1n) is 10.6. The molecule has 0 saturated carbocycles. The largest absolute Gasteiger partial charge is 0.512 e. The number of ketones is 1. The molecule has 165 valence electrons. The van der Waals surface area contributed by atoms with Crippen molar-refractivity contribution in [3.05, 3.63) is 77.4 Å². The number of benzene rings is 1. The Balaban J connectivity index is 0.000000297. The number of fused-ring (bicyclic) bond motifs is 4. The van der Waals surface area contributed by atoms with Gasteiger partial charge in [-0.2, -0.15) is 0 Å². The van der Waals surface area contributed by atoms with Crippen LogP contribution in [-0.2, 0) is 30.3 Å². The Morgan fingerprint density at radius 1 is 1.19 bits per heavy atom. The smallest absolute Gasteiger partial charge is 0.155 e. The van der Waals surface area contributed by atoms with Gasteiger partial charge in [-0.05, 0) is 66.5 Å². The number of pyridine rings is 3. The minimum atomic E-state index is -0.412. The van der Waals surface area contributed by atoms with E-state index in [-0.39, 0.29) is 37.3 Å². The maximum atomic E-state index is 10.2. The van der Waals surface area contributed by atoms with Crippen LogP contribution in [0.25, 0.3) is 33.1 Å². The molecule has 1 radical (unpaired) electrons. The van der Waals surface area contributed by atoms with Crippen LogP contribution in [0.2, 0.25) is 0 Å². The Bertz CT molecular complexity index is 1430. The monoisotopic (exact) mass is 604 g/mol. The van der Waals surface area contributed by atoms with Crippen molar-refractivity contribution in [3.63, 3.8) is 0 Å². The summed E-state index contributed by atoms with van der Waals surface area (Å²) in [5, 5.41) is 12.0. The number of carbonyl (C=O) groups excluding carboxylic acids is 1. The number of nitrogens with zero attached hydrogens (tertiary/aromatic N) is 3. The van der Waals surface area contributed by atoms with Gasteiger partial charge in [-0.1, -0.05) is 43.0 Å². The minimum Gasteiger partial charge on any atom is -0.512 e. The van der Waals surface area contributed by atoms with E-state index in [1.165, 1.54) is 41.3 Å². The van der Waals surface area contributed by atoms with Crippen molar-refractivity contribution in [2.75, 3.05) is 0 Å². The van der Waals surface area contributed by atoms with Gasteiger partial charge in [0.25, 0.3) is 0 Å². The predicted molar refractivity (Wildman–Crippen MR) is 123 cm³/mol. The van der Waals surface area contributed by atoms with Gasteiger partial charge < -0.3 is 15.1 Å². The quantitative estimate of drug-likeness (QED) is 0.174. The molecule has 0 fully saturated rings. The van der Waals surface area contributed by atoms with Crippen LogP contribution in [0.4, 0.5) is 0 Å². The number of aryl methyl sites for hydroxylation is 1. The summed E-state index contributed by atoms with van der Waals surface area (Å²) in [4.78, 5) is 23.7. The normalized spacial score (nSPS) is 14.3. The molecule has 5 rings (SSSR count). The SMILES string of the molecule is Cc1cc2c3c(nccc3c1)-c1[c-]nc3ncccc3c1C2(C)C.[2H]/C(C(C)=O)=C(\C)O.[Ir]. The summed E-state index contributed by atoms with van der Waals surface area (Å²) in [5.74, 6) is -0.637. The number of aromatic nitrogens is 3. The molecule has 0 saturated heterocycles. The molecule has 0 atom stereocenters. The Kier molecular flexibility index (Phi) is 6.18. The molecule has 0 bridgehead atoms. The fourth-order valence-electron chi connectivity index (χ4n) is 4.34. The molecule has 1 N–H and O–H groups in total. The third-order valence-electron chi connectivity index (χ3n) is 5.48. The Morgan fingerprint density at radius 3 is 2.59 bits per heavy atom. The van der Waals surface area contributed by atoms with E-state index in [0.29, 0.717) is 0 Å². The Labute approximate surface area is 202 Å². The fourth-order valence-corrected chi connectivity index (χ4v) is 4.34. The minimum absolute atomic E-state index is 0. The number of allylic oxidation sites excluding steroid dienone is 2. The van der Waals surface area contributed by atoms with Gasteiger partial charge in [-0.15, -0.1) is 11.1 Å². The summed E-state index contributed by atoms with van der Waals surface area (Å²) in [6.45, 7) is 9.25. The Morgan fingerprint density at radius 2 is 1.94 bits per heavy atom. The average Bonchev–Trinajstić information content (AvgIpc) is 2.76. The van der Waals surface area contributed by atoms with Crippen LogP contribution < -0.4 is 0 Å². The molecule has 1 aliphatic rings. The van der Waals surface area contributed by atoms with Gasteiger partial charge in [0.05, 0.1) is 12.8 Å². The van der Waals surface area contributed by atoms with Crippen molar-refractivity contribution < 1.29 is 31.4 Å². The van der Waals surface area contributed by atoms with E-state index in [0.717, 1.165) is 22.3 Å². The average molecular weight is 604 g/mol. The molecule has 0 spiro atoms. The second kappa shape index (κ2) is 8.89. The number of aliphatic hydroxyl groups is 1. The van der Waals surface area contributed by atoms with Crippen molar-refractivity contribution in [2.45, 2.75) is 40.0 Å². The van der Waals surface area contributed by atoms with Gasteiger partial charge in [0.2, 0.25) is 0 Å². The van der Waals surface area contributed by atoms with Crippen molar-refractivity contribution in [3.8, 4) is 11.3 Å². The zero-order valence-corrected chi connectivity index (χ0v) is 21.0. The second-order valence-corrected chi connectivity index (χ2v) is 8.31. The van der Waals surface area contributed by atoms with Crippen LogP contribution >= 0.6 is 0 Å². The van der Waals surface area contributed by atoms with Crippen LogP contribution in [0.1, 0.15) is 45.8 Å². The molecule has 0 unspecified atom stereocenters. The number of hydrogen-bond acceptors (Lipinski definition) is 5. The fraction of sp³-hybridized carbons (Fsp3) is 0.231. The van der Waals surface area contributed by atoms with Crippen LogP contribution in [0.5, 0.6) is 0 Å². The molecule has 5 nitrogen and oxygen atoms in total. The first-order chi connectivity index (χ1) is 15.1. The summed E-state index contributed by atoms with van der Waals surface area (Å²) in [6.07, 6.45) is 6.89. The van der Waals surface area contributed by atoms with E-state index in [4.69, 9.17) is 6.48 Å². The van der Waals surface area contributed by atoms with Crippen molar-refractivity contribution >= 4 is 27.6 Å². The first-order valence-corrected chi connectivity index (χ1v) is 10.1. The predicted octanol–water partition coefficient (Wildman–Crippen LogP) is 5.63. The van der Waals surface area contributed by atoms with Gasteiger partial charge in [0, 0.05) is 38.6 Å². The van der Waals surface area contributed by atoms with Gasteiger partial charge >= 0.3 is 0 Å². The van der Waals surface area contributed by atoms with Crippen molar-refractivity contribution in [1.29, 1.82) is 0 Å². The summed E-state index contributed by atoms with van der Waals surface area (Å²) < 4.78 is 6.76. The molecule has 0 amide bonds. The number of aliphatic hydroxyl groups excluding tert-OH is 1. The zero-order chi connectivity index (χ0) is 23.2. The van der Waals surface area contributed by atoms with Gasteiger partial charge in [0.15, 0.2) is 5.78 Å². The van der Waals surface area contributed by atoms with Crippen LogP contribution in [0.3, 0.4) is 0 Å². The molecular formula is C26H24IrN3O2-. The summed E-state index contributed by atoms with van der Waals surface area (Å²) >= 11 is 0. The van der Waals surface area contributed by atoms with E-state index in [2.05, 4.69) is 66.2 Å². The van der Waals surface area contributed by atoms with Crippen molar-refractivity contribution in [2.24, 2.45) is 0 Å². The maximum Gasteiger partial charge on any atom is 0.155 e. The van der Waals surface area contributed by atoms with Crippen LogP contribution in [-0.4, -0.2) is 25.8 Å². The first kappa shape index (κ1) is 22.3. The molecule has 6 heteroatoms. The van der Waals surface area contributed by atoms with Crippen LogP contribution in [0, 0.1) is 13.1 Å². The molecule has 3 aromatic heterocycles. The standard InChI is InChI=1S/C21H16N3.C5H8O2.Ir/c1-12-9-13-6-8-22-19-15-11-24-20-14(5-4-7-23-20)18(15)21(2,3)16(10-12)17(13)19;1-4(6)3-5(2)7;/h4-10H,1-3H3;3,6H,1-2H3;/q-1;;/b;4-3-;/i;3D;. The Hall–Kier alpha value is -2.95. The maximum absolute atomic E-state index is 10.2. The van der Waals surface area contributed by atoms with E-state index >= 15 is 0 Å². The van der Waals surface area contributed by atoms with E-state index in [1.54, 1.807) is 6.20 Å². The topological polar surface area (TPSA) is 76.0 Å². The number of rotatable bonds is 1. The summed E-state index contributed by atoms with van der Waals surface area (Å²) in [7, 11) is 0. The summed E-state index contributed by atoms with van der Waals surface area (Å²) in [5.41, 5.74) is 6.38. The van der Waals surface area contributed by atoms with Gasteiger partial charge in [0.1, 0.15) is 0 Å². The van der Waals surface area contributed by atoms with E-state index < -0.39 is 5.78 Å². The molecule has 4 aromatic rings. The van der Waals surface area contributed by atoms with E-state index in [9.17, 15) is 4.79 Å². The zero-order valence-electron chi connectivity index (χ0n) is 19.6. The third-order valence-corrected chi connectivity index (χ3v) is 5.48.